The van der Waals surface area contributed by atoms with Gasteiger partial charge in [0.1, 0.15) is 11.0 Å². The summed E-state index contributed by atoms with van der Waals surface area (Å²) in [5.41, 5.74) is 5.72. The summed E-state index contributed by atoms with van der Waals surface area (Å²) < 4.78 is 13.6. The molecule has 0 fully saturated rings. The van der Waals surface area contributed by atoms with E-state index in [2.05, 4.69) is 15.4 Å². The third-order valence-electron chi connectivity index (χ3n) is 1.88. The molecule has 0 bridgehead atoms. The minimum absolute atomic E-state index is 0.140. The Labute approximate surface area is 83.8 Å². The monoisotopic (exact) mass is 206 g/mol. The van der Waals surface area contributed by atoms with Crippen LogP contribution in [0.3, 0.4) is 0 Å². The molecule has 0 saturated heterocycles. The van der Waals surface area contributed by atoms with Crippen molar-refractivity contribution in [1.29, 1.82) is 0 Å². The molecule has 0 aliphatic carbocycles. The number of rotatable bonds is 2. The van der Waals surface area contributed by atoms with Crippen molar-refractivity contribution in [2.45, 2.75) is 0 Å². The Kier molecular flexibility index (Phi) is 2.17. The first-order valence-corrected chi connectivity index (χ1v) is 4.15. The Morgan fingerprint density at radius 3 is 3.00 bits per heavy atom. The summed E-state index contributed by atoms with van der Waals surface area (Å²) >= 11 is 0. The van der Waals surface area contributed by atoms with Crippen LogP contribution >= 0.6 is 0 Å². The maximum atomic E-state index is 13.6. The van der Waals surface area contributed by atoms with Crippen molar-refractivity contribution in [3.05, 3.63) is 29.6 Å². The number of hydrogen-bond acceptors (Lipinski definition) is 3. The third-order valence-corrected chi connectivity index (χ3v) is 1.88. The van der Waals surface area contributed by atoms with Gasteiger partial charge in [0, 0.05) is 11.6 Å². The Bertz CT molecular complexity index is 546. The van der Waals surface area contributed by atoms with Crippen molar-refractivity contribution >= 4 is 23.0 Å². The number of aromatic amines is 1. The first kappa shape index (κ1) is 9.32. The number of H-pyrrole nitrogens is 1. The maximum absolute atomic E-state index is 13.6. The quantitative estimate of drug-likeness (QED) is 0.705. The van der Waals surface area contributed by atoms with Crippen LogP contribution in [0.2, 0.25) is 0 Å². The standard InChI is InChI=1S/C9H7FN4O/c10-8-5(2-4-7(11)15)1-3-6-9(8)13-14-12-6/h1-4H,(H2,11,15)(H,12,13,14). The lowest BCUT2D eigenvalue weighted by Gasteiger charge is -1.95. The molecule has 1 aromatic heterocycles. The number of nitrogens with two attached hydrogens (primary N) is 1. The number of halogens is 1. The fourth-order valence-corrected chi connectivity index (χ4v) is 1.20. The summed E-state index contributed by atoms with van der Waals surface area (Å²) in [5, 5.41) is 9.68. The molecule has 2 aromatic rings. The van der Waals surface area contributed by atoms with Gasteiger partial charge in [-0.05, 0) is 18.2 Å². The lowest BCUT2D eigenvalue weighted by atomic mass is 10.1. The van der Waals surface area contributed by atoms with E-state index < -0.39 is 11.7 Å². The van der Waals surface area contributed by atoms with E-state index in [0.717, 1.165) is 6.08 Å². The average Bonchev–Trinajstić information content (AvgIpc) is 2.65. The number of hydrogen-bond donors (Lipinski definition) is 2. The van der Waals surface area contributed by atoms with E-state index in [1.54, 1.807) is 6.07 Å². The van der Waals surface area contributed by atoms with E-state index >= 15 is 0 Å². The minimum atomic E-state index is -0.630. The molecule has 0 spiro atoms. The fourth-order valence-electron chi connectivity index (χ4n) is 1.20. The molecule has 0 unspecified atom stereocenters. The van der Waals surface area contributed by atoms with Gasteiger partial charge in [0.25, 0.3) is 0 Å². The molecule has 0 saturated carbocycles. The Morgan fingerprint density at radius 2 is 2.27 bits per heavy atom. The molecular weight excluding hydrogens is 199 g/mol. The molecule has 6 heteroatoms. The van der Waals surface area contributed by atoms with Crippen molar-refractivity contribution in [2.24, 2.45) is 5.73 Å². The van der Waals surface area contributed by atoms with Crippen LogP contribution in [0.4, 0.5) is 4.39 Å². The zero-order valence-electron chi connectivity index (χ0n) is 7.57. The predicted octanol–water partition coefficient (Wildman–Crippen LogP) is 0.595. The van der Waals surface area contributed by atoms with Gasteiger partial charge in [-0.2, -0.15) is 15.4 Å². The summed E-state index contributed by atoms with van der Waals surface area (Å²) in [4.78, 5) is 10.5. The van der Waals surface area contributed by atoms with E-state index in [4.69, 9.17) is 5.73 Å². The number of aromatic nitrogens is 3. The fraction of sp³-hybridized carbons (Fsp3) is 0. The predicted molar refractivity (Wildman–Crippen MR) is 52.1 cm³/mol. The SMILES string of the molecule is NC(=O)C=Cc1ccc2n[nH]nc2c1F. The molecule has 0 radical (unpaired) electrons. The van der Waals surface area contributed by atoms with Gasteiger partial charge in [0.2, 0.25) is 5.91 Å². The molecule has 1 aromatic carbocycles. The lowest BCUT2D eigenvalue weighted by molar-refractivity contribution is -0.113. The van der Waals surface area contributed by atoms with Gasteiger partial charge in [-0.1, -0.05) is 0 Å². The number of fused-ring (bicyclic) bond motifs is 1. The van der Waals surface area contributed by atoms with E-state index in [0.29, 0.717) is 5.52 Å². The van der Waals surface area contributed by atoms with Crippen molar-refractivity contribution in [2.75, 3.05) is 0 Å². The van der Waals surface area contributed by atoms with Crippen LogP contribution < -0.4 is 5.73 Å². The van der Waals surface area contributed by atoms with Crippen LogP contribution in [0.5, 0.6) is 0 Å². The first-order chi connectivity index (χ1) is 7.18. The number of nitrogens with zero attached hydrogens (tertiary/aromatic N) is 2. The first-order valence-electron chi connectivity index (χ1n) is 4.15. The zero-order chi connectivity index (χ0) is 10.8. The Morgan fingerprint density at radius 1 is 1.47 bits per heavy atom. The number of carbonyl (C=O) groups excluding carboxylic acids is 1. The number of primary amides is 1. The molecule has 15 heavy (non-hydrogen) atoms. The van der Waals surface area contributed by atoms with E-state index in [-0.39, 0.29) is 11.1 Å². The topological polar surface area (TPSA) is 84.7 Å². The van der Waals surface area contributed by atoms with Crippen LogP contribution in [0, 0.1) is 5.82 Å². The van der Waals surface area contributed by atoms with Gasteiger partial charge >= 0.3 is 0 Å². The molecule has 1 heterocycles. The molecule has 76 valence electrons. The smallest absolute Gasteiger partial charge is 0.241 e. The second-order valence-corrected chi connectivity index (χ2v) is 2.90. The maximum Gasteiger partial charge on any atom is 0.241 e. The number of carbonyl (C=O) groups is 1. The highest BCUT2D eigenvalue weighted by atomic mass is 19.1. The number of benzene rings is 1. The van der Waals surface area contributed by atoms with Gasteiger partial charge in [0.15, 0.2) is 5.82 Å². The van der Waals surface area contributed by atoms with E-state index in [1.165, 1.54) is 12.1 Å². The van der Waals surface area contributed by atoms with E-state index in [1.807, 2.05) is 0 Å². The molecule has 5 nitrogen and oxygen atoms in total. The highest BCUT2D eigenvalue weighted by molar-refractivity contribution is 5.91. The van der Waals surface area contributed by atoms with Crippen molar-refractivity contribution in [3.63, 3.8) is 0 Å². The molecule has 0 atom stereocenters. The normalized spacial score (nSPS) is 11.3. The summed E-state index contributed by atoms with van der Waals surface area (Å²) in [6.45, 7) is 0. The summed E-state index contributed by atoms with van der Waals surface area (Å²) in [6.07, 6.45) is 2.39. The van der Waals surface area contributed by atoms with Crippen LogP contribution in [0.1, 0.15) is 5.56 Å². The Hall–Kier alpha value is -2.24. The van der Waals surface area contributed by atoms with Crippen molar-refractivity contribution in [1.82, 2.24) is 15.4 Å². The number of amides is 1. The molecule has 3 N–H and O–H groups in total. The minimum Gasteiger partial charge on any atom is -0.366 e. The summed E-state index contributed by atoms with van der Waals surface area (Å²) in [5.74, 6) is -1.16. The molecule has 2 rings (SSSR count). The molecule has 0 aliphatic heterocycles. The highest BCUT2D eigenvalue weighted by Gasteiger charge is 2.08. The van der Waals surface area contributed by atoms with Gasteiger partial charge in [-0.15, -0.1) is 0 Å². The second-order valence-electron chi connectivity index (χ2n) is 2.90. The average molecular weight is 206 g/mol. The van der Waals surface area contributed by atoms with Crippen LogP contribution in [-0.4, -0.2) is 21.3 Å². The second kappa shape index (κ2) is 3.49. The third kappa shape index (κ3) is 1.69. The van der Waals surface area contributed by atoms with Gasteiger partial charge in [-0.25, -0.2) is 4.39 Å². The lowest BCUT2D eigenvalue weighted by Crippen LogP contribution is -2.05. The molecular formula is C9H7FN4O. The van der Waals surface area contributed by atoms with Crippen molar-refractivity contribution in [3.8, 4) is 0 Å². The van der Waals surface area contributed by atoms with Gasteiger partial charge in [-0.3, -0.25) is 4.79 Å². The number of nitrogens with one attached hydrogen (secondary N) is 1. The molecule has 0 aliphatic rings. The van der Waals surface area contributed by atoms with Crippen LogP contribution in [-0.2, 0) is 4.79 Å². The van der Waals surface area contributed by atoms with E-state index in [9.17, 15) is 9.18 Å². The highest BCUT2D eigenvalue weighted by Crippen LogP contribution is 2.17. The van der Waals surface area contributed by atoms with Crippen LogP contribution in [0.25, 0.3) is 17.1 Å². The molecule has 1 amide bonds. The largest absolute Gasteiger partial charge is 0.366 e. The van der Waals surface area contributed by atoms with Crippen LogP contribution in [0.15, 0.2) is 18.2 Å². The summed E-state index contributed by atoms with van der Waals surface area (Å²) in [6, 6.07) is 3.10. The van der Waals surface area contributed by atoms with Crippen molar-refractivity contribution < 1.29 is 9.18 Å². The Balaban J connectivity index is 2.52. The summed E-state index contributed by atoms with van der Waals surface area (Å²) in [7, 11) is 0. The van der Waals surface area contributed by atoms with Gasteiger partial charge < -0.3 is 5.73 Å². The zero-order valence-corrected chi connectivity index (χ0v) is 7.57. The van der Waals surface area contributed by atoms with Gasteiger partial charge in [0.05, 0.1) is 0 Å².